The Kier molecular flexibility index (Phi) is 5.51. The Balaban J connectivity index is 0.00000180. The van der Waals surface area contributed by atoms with Crippen molar-refractivity contribution in [2.75, 3.05) is 25.4 Å². The van der Waals surface area contributed by atoms with E-state index in [4.69, 9.17) is 0 Å². The second-order valence-corrected chi connectivity index (χ2v) is 8.46. The maximum absolute atomic E-state index is 12.0. The van der Waals surface area contributed by atoms with Crippen molar-refractivity contribution in [1.29, 1.82) is 0 Å². The van der Waals surface area contributed by atoms with Crippen LogP contribution >= 0.6 is 24.0 Å². The molecule has 1 N–H and O–H groups in total. The summed E-state index contributed by atoms with van der Waals surface area (Å²) in [6.45, 7) is 7.39. The first-order valence-corrected chi connectivity index (χ1v) is 8.29. The molecular weight excluding hydrogens is 377 g/mol. The van der Waals surface area contributed by atoms with Gasteiger partial charge in [0.2, 0.25) is 0 Å². The minimum Gasteiger partial charge on any atom is -0.354 e. The molecule has 0 aromatic carbocycles. The van der Waals surface area contributed by atoms with Crippen molar-refractivity contribution in [1.82, 2.24) is 10.2 Å². The molecule has 19 heavy (non-hydrogen) atoms. The van der Waals surface area contributed by atoms with Crippen LogP contribution in [0.4, 0.5) is 0 Å². The quantitative estimate of drug-likeness (QED) is 0.430. The SMILES string of the molecule is CCN=C(NC1CC1)N1CCS(=O)(=O)C(C)(C)C1.I. The molecule has 0 atom stereocenters. The van der Waals surface area contributed by atoms with Gasteiger partial charge in [-0.2, -0.15) is 0 Å². The zero-order chi connectivity index (χ0) is 13.4. The van der Waals surface area contributed by atoms with Gasteiger partial charge in [0.05, 0.1) is 10.5 Å². The minimum absolute atomic E-state index is 0. The Morgan fingerprint density at radius 3 is 2.53 bits per heavy atom. The highest BCUT2D eigenvalue weighted by Crippen LogP contribution is 2.25. The standard InChI is InChI=1S/C12H23N3O2S.HI/c1-4-13-11(14-10-5-6-10)15-7-8-18(16,17)12(2,3)9-15;/h10H,4-9H2,1-3H3,(H,13,14);1H. The van der Waals surface area contributed by atoms with Crippen LogP contribution in [-0.2, 0) is 9.84 Å². The van der Waals surface area contributed by atoms with E-state index < -0.39 is 14.6 Å². The van der Waals surface area contributed by atoms with Crippen LogP contribution in [0.5, 0.6) is 0 Å². The third kappa shape index (κ3) is 3.96. The van der Waals surface area contributed by atoms with Crippen molar-refractivity contribution in [2.45, 2.75) is 44.4 Å². The smallest absolute Gasteiger partial charge is 0.194 e. The second kappa shape index (κ2) is 6.15. The summed E-state index contributed by atoms with van der Waals surface area (Å²) in [6.07, 6.45) is 2.39. The molecule has 2 fully saturated rings. The molecule has 2 aliphatic rings. The monoisotopic (exact) mass is 401 g/mol. The van der Waals surface area contributed by atoms with Crippen molar-refractivity contribution >= 4 is 39.8 Å². The summed E-state index contributed by atoms with van der Waals surface area (Å²) in [6, 6.07) is 0.539. The predicted octanol–water partition coefficient (Wildman–Crippen LogP) is 1.24. The molecule has 7 heteroatoms. The molecule has 0 spiro atoms. The van der Waals surface area contributed by atoms with Crippen molar-refractivity contribution in [3.8, 4) is 0 Å². The van der Waals surface area contributed by atoms with Crippen LogP contribution in [0.3, 0.4) is 0 Å². The van der Waals surface area contributed by atoms with Crippen LogP contribution in [0.2, 0.25) is 0 Å². The lowest BCUT2D eigenvalue weighted by Crippen LogP contribution is -2.57. The number of halogens is 1. The fourth-order valence-electron chi connectivity index (χ4n) is 2.12. The van der Waals surface area contributed by atoms with Crippen molar-refractivity contribution < 1.29 is 8.42 Å². The van der Waals surface area contributed by atoms with Gasteiger partial charge in [0.25, 0.3) is 0 Å². The van der Waals surface area contributed by atoms with Crippen LogP contribution in [0, 0.1) is 0 Å². The average Bonchev–Trinajstić information content (AvgIpc) is 3.05. The van der Waals surface area contributed by atoms with Gasteiger partial charge in [0.1, 0.15) is 0 Å². The van der Waals surface area contributed by atoms with Gasteiger partial charge in [-0.05, 0) is 33.6 Å². The normalized spacial score (nSPS) is 25.6. The first kappa shape index (κ1) is 17.0. The molecule has 0 bridgehead atoms. The number of sulfone groups is 1. The largest absolute Gasteiger partial charge is 0.354 e. The van der Waals surface area contributed by atoms with E-state index in [1.54, 1.807) is 13.8 Å². The lowest BCUT2D eigenvalue weighted by molar-refractivity contribution is 0.352. The fraction of sp³-hybridized carbons (Fsp3) is 0.917. The van der Waals surface area contributed by atoms with Gasteiger partial charge in [-0.1, -0.05) is 0 Å². The van der Waals surface area contributed by atoms with Gasteiger partial charge in [0, 0.05) is 25.7 Å². The number of nitrogens with zero attached hydrogens (tertiary/aromatic N) is 2. The number of nitrogens with one attached hydrogen (secondary N) is 1. The summed E-state index contributed by atoms with van der Waals surface area (Å²) < 4.78 is 23.3. The Morgan fingerprint density at radius 2 is 2.05 bits per heavy atom. The van der Waals surface area contributed by atoms with Crippen LogP contribution in [0.1, 0.15) is 33.6 Å². The fourth-order valence-corrected chi connectivity index (χ4v) is 3.49. The molecular formula is C12H24IN3O2S. The molecule has 1 saturated carbocycles. The molecule has 1 aliphatic carbocycles. The van der Waals surface area contributed by atoms with Crippen LogP contribution in [0.15, 0.2) is 4.99 Å². The minimum atomic E-state index is -2.98. The maximum Gasteiger partial charge on any atom is 0.194 e. The highest BCUT2D eigenvalue weighted by molar-refractivity contribution is 14.0. The van der Waals surface area contributed by atoms with E-state index in [0.717, 1.165) is 12.5 Å². The van der Waals surface area contributed by atoms with E-state index in [1.807, 2.05) is 6.92 Å². The van der Waals surface area contributed by atoms with E-state index in [0.29, 0.717) is 19.1 Å². The molecule has 112 valence electrons. The molecule has 1 heterocycles. The Labute approximate surface area is 133 Å². The lowest BCUT2D eigenvalue weighted by atomic mass is 10.2. The van der Waals surface area contributed by atoms with Crippen LogP contribution in [-0.4, -0.2) is 55.5 Å². The summed E-state index contributed by atoms with van der Waals surface area (Å²) in [5.74, 6) is 1.10. The predicted molar refractivity (Wildman–Crippen MR) is 89.0 cm³/mol. The van der Waals surface area contributed by atoms with E-state index in [1.165, 1.54) is 12.8 Å². The number of hydrogen-bond donors (Lipinski definition) is 1. The summed E-state index contributed by atoms with van der Waals surface area (Å²) in [5, 5.41) is 3.41. The highest BCUT2D eigenvalue weighted by Gasteiger charge is 2.41. The first-order chi connectivity index (χ1) is 8.36. The number of guanidine groups is 1. The van der Waals surface area contributed by atoms with Crippen LogP contribution < -0.4 is 5.32 Å². The number of aliphatic imine (C=N–C) groups is 1. The highest BCUT2D eigenvalue weighted by atomic mass is 127. The molecule has 1 aliphatic heterocycles. The Bertz CT molecular complexity index is 444. The summed E-state index contributed by atoms with van der Waals surface area (Å²) in [7, 11) is -2.98. The lowest BCUT2D eigenvalue weighted by Gasteiger charge is -2.39. The van der Waals surface area contributed by atoms with Crippen molar-refractivity contribution in [2.24, 2.45) is 4.99 Å². The first-order valence-electron chi connectivity index (χ1n) is 6.64. The number of hydrogen-bond acceptors (Lipinski definition) is 3. The van der Waals surface area contributed by atoms with Gasteiger partial charge in [0.15, 0.2) is 15.8 Å². The summed E-state index contributed by atoms with van der Waals surface area (Å²) in [4.78, 5) is 6.56. The molecule has 1 saturated heterocycles. The molecule has 0 amide bonds. The molecule has 0 aromatic rings. The Morgan fingerprint density at radius 1 is 1.42 bits per heavy atom. The molecule has 0 radical (unpaired) electrons. The molecule has 5 nitrogen and oxygen atoms in total. The Hall–Kier alpha value is -0.0500. The van der Waals surface area contributed by atoms with Crippen molar-refractivity contribution in [3.63, 3.8) is 0 Å². The zero-order valence-corrected chi connectivity index (χ0v) is 15.0. The molecule has 2 rings (SSSR count). The maximum atomic E-state index is 12.0. The number of rotatable bonds is 2. The van der Waals surface area contributed by atoms with E-state index in [9.17, 15) is 8.42 Å². The van der Waals surface area contributed by atoms with Gasteiger partial charge in [-0.15, -0.1) is 24.0 Å². The van der Waals surface area contributed by atoms with Crippen LogP contribution in [0.25, 0.3) is 0 Å². The van der Waals surface area contributed by atoms with Gasteiger partial charge in [-0.25, -0.2) is 8.42 Å². The van der Waals surface area contributed by atoms with Gasteiger partial charge < -0.3 is 10.2 Å². The van der Waals surface area contributed by atoms with E-state index in [2.05, 4.69) is 15.2 Å². The van der Waals surface area contributed by atoms with E-state index >= 15 is 0 Å². The topological polar surface area (TPSA) is 61.8 Å². The summed E-state index contributed by atoms with van der Waals surface area (Å²) >= 11 is 0. The van der Waals surface area contributed by atoms with E-state index in [-0.39, 0.29) is 29.7 Å². The third-order valence-corrected chi connectivity index (χ3v) is 6.09. The van der Waals surface area contributed by atoms with Gasteiger partial charge in [-0.3, -0.25) is 4.99 Å². The zero-order valence-electron chi connectivity index (χ0n) is 11.8. The van der Waals surface area contributed by atoms with Gasteiger partial charge >= 0.3 is 0 Å². The summed E-state index contributed by atoms with van der Waals surface area (Å²) in [5.41, 5.74) is 0. The van der Waals surface area contributed by atoms with Crippen molar-refractivity contribution in [3.05, 3.63) is 0 Å². The molecule has 0 unspecified atom stereocenters. The third-order valence-electron chi connectivity index (χ3n) is 3.56. The molecule has 0 aromatic heterocycles. The second-order valence-electron chi connectivity index (χ2n) is 5.72. The average molecular weight is 401 g/mol.